The van der Waals surface area contributed by atoms with E-state index in [0.29, 0.717) is 31.4 Å². The molecule has 0 aromatic heterocycles. The molecule has 0 aliphatic carbocycles. The minimum absolute atomic E-state index is 0.132. The molecule has 1 unspecified atom stereocenters. The van der Waals surface area contributed by atoms with Crippen molar-refractivity contribution in [3.05, 3.63) is 71.3 Å². The molecule has 1 saturated heterocycles. The third-order valence-electron chi connectivity index (χ3n) is 5.24. The van der Waals surface area contributed by atoms with Crippen molar-refractivity contribution >= 4 is 17.8 Å². The minimum atomic E-state index is -1.00. The zero-order valence-corrected chi connectivity index (χ0v) is 15.7. The molecule has 2 aromatic rings. The predicted octanol–water partition coefficient (Wildman–Crippen LogP) is 3.72. The Kier molecular flexibility index (Phi) is 6.09. The Hall–Kier alpha value is -3.15. The van der Waals surface area contributed by atoms with Crippen molar-refractivity contribution in [3.63, 3.8) is 0 Å². The lowest BCUT2D eigenvalue weighted by molar-refractivity contribution is -0.124. The van der Waals surface area contributed by atoms with Crippen LogP contribution in [0, 0.1) is 5.92 Å². The number of carbonyl (C=O) groups is 3. The van der Waals surface area contributed by atoms with Crippen molar-refractivity contribution in [1.82, 2.24) is 4.90 Å². The Morgan fingerprint density at radius 1 is 1.07 bits per heavy atom. The molecular formula is C22H23NO5. The highest BCUT2D eigenvalue weighted by Crippen LogP contribution is 2.35. The number of piperidine rings is 1. The fraction of sp³-hybridized carbons (Fsp3) is 0.318. The van der Waals surface area contributed by atoms with Gasteiger partial charge in [0.25, 0.3) is 0 Å². The molecule has 0 spiro atoms. The highest BCUT2D eigenvalue weighted by atomic mass is 16.5. The summed E-state index contributed by atoms with van der Waals surface area (Å²) in [6.45, 7) is 0.309. The van der Waals surface area contributed by atoms with Crippen molar-refractivity contribution < 1.29 is 24.2 Å². The van der Waals surface area contributed by atoms with Gasteiger partial charge in [0.2, 0.25) is 0 Å². The highest BCUT2D eigenvalue weighted by molar-refractivity contribution is 5.89. The molecule has 0 bridgehead atoms. The van der Waals surface area contributed by atoms with E-state index in [-0.39, 0.29) is 11.7 Å². The molecule has 2 aromatic carbocycles. The topological polar surface area (TPSA) is 83.9 Å². The van der Waals surface area contributed by atoms with Crippen LogP contribution in [0.3, 0.4) is 0 Å². The smallest absolute Gasteiger partial charge is 0.407 e. The number of hydrogen-bond acceptors (Lipinski definition) is 4. The first-order valence-corrected chi connectivity index (χ1v) is 9.24. The fourth-order valence-corrected chi connectivity index (χ4v) is 3.70. The summed E-state index contributed by atoms with van der Waals surface area (Å²) in [6, 6.07) is 15.9. The summed E-state index contributed by atoms with van der Waals surface area (Å²) in [5.41, 5.74) is 2.14. The average Bonchev–Trinajstić information content (AvgIpc) is 2.73. The van der Waals surface area contributed by atoms with E-state index in [4.69, 9.17) is 4.74 Å². The molecule has 3 rings (SSSR count). The first kappa shape index (κ1) is 19.6. The number of ether oxygens (including phenoxy) is 1. The van der Waals surface area contributed by atoms with Crippen LogP contribution in [0.1, 0.15) is 40.4 Å². The lowest BCUT2D eigenvalue weighted by Gasteiger charge is -2.37. The van der Waals surface area contributed by atoms with E-state index in [1.165, 1.54) is 12.0 Å². The molecule has 6 nitrogen and oxygen atoms in total. The SMILES string of the molecule is COC(=O)c1ccc([C@@H]2CC(C(=O)Cc3ccccc3)CCN2C(=O)O)cc1. The number of nitrogens with zero attached hydrogens (tertiary/aromatic N) is 1. The maximum absolute atomic E-state index is 12.8. The van der Waals surface area contributed by atoms with Crippen LogP contribution in [0.25, 0.3) is 0 Å². The van der Waals surface area contributed by atoms with Gasteiger partial charge in [-0.15, -0.1) is 0 Å². The zero-order valence-electron chi connectivity index (χ0n) is 15.7. The molecule has 1 N–H and O–H groups in total. The summed E-state index contributed by atoms with van der Waals surface area (Å²) in [4.78, 5) is 37.5. The van der Waals surface area contributed by atoms with Crippen LogP contribution in [-0.2, 0) is 16.0 Å². The summed E-state index contributed by atoms with van der Waals surface area (Å²) < 4.78 is 4.70. The van der Waals surface area contributed by atoms with Gasteiger partial charge < -0.3 is 14.7 Å². The van der Waals surface area contributed by atoms with Gasteiger partial charge in [0.05, 0.1) is 18.7 Å². The Morgan fingerprint density at radius 2 is 1.75 bits per heavy atom. The Bertz CT molecular complexity index is 847. The molecule has 1 aliphatic heterocycles. The van der Waals surface area contributed by atoms with Crippen LogP contribution in [0.15, 0.2) is 54.6 Å². The van der Waals surface area contributed by atoms with E-state index in [1.54, 1.807) is 24.3 Å². The number of amides is 1. The summed E-state index contributed by atoms with van der Waals surface area (Å²) in [5.74, 6) is -0.505. The highest BCUT2D eigenvalue weighted by Gasteiger charge is 2.35. The summed E-state index contributed by atoms with van der Waals surface area (Å²) in [6.07, 6.45) is 0.313. The maximum atomic E-state index is 12.8. The standard InChI is InChI=1S/C22H23NO5/c1-28-21(25)17-9-7-16(8-10-17)19-14-18(11-12-23(19)22(26)27)20(24)13-15-5-3-2-4-6-15/h2-10,18-19H,11-14H2,1H3,(H,26,27)/t18?,19-/m0/s1. The van der Waals surface area contributed by atoms with E-state index in [2.05, 4.69) is 0 Å². The van der Waals surface area contributed by atoms with E-state index < -0.39 is 18.1 Å². The van der Waals surface area contributed by atoms with E-state index in [9.17, 15) is 19.5 Å². The van der Waals surface area contributed by atoms with Crippen molar-refractivity contribution in [3.8, 4) is 0 Å². The van der Waals surface area contributed by atoms with Crippen molar-refractivity contribution in [1.29, 1.82) is 0 Å². The molecule has 146 valence electrons. The number of carbonyl (C=O) groups excluding carboxylic acids is 2. The predicted molar refractivity (Wildman–Crippen MR) is 103 cm³/mol. The number of benzene rings is 2. The third kappa shape index (κ3) is 4.39. The van der Waals surface area contributed by atoms with Crippen LogP contribution in [0.2, 0.25) is 0 Å². The number of likely N-dealkylation sites (tertiary alicyclic amines) is 1. The van der Waals surface area contributed by atoms with Gasteiger partial charge in [0.15, 0.2) is 0 Å². The van der Waals surface area contributed by atoms with Gasteiger partial charge in [0.1, 0.15) is 5.78 Å². The molecule has 2 atom stereocenters. The zero-order chi connectivity index (χ0) is 20.1. The van der Waals surface area contributed by atoms with Crippen LogP contribution in [-0.4, -0.2) is 41.5 Å². The Morgan fingerprint density at radius 3 is 2.36 bits per heavy atom. The van der Waals surface area contributed by atoms with E-state index in [1.807, 2.05) is 30.3 Å². The second kappa shape index (κ2) is 8.69. The van der Waals surface area contributed by atoms with Crippen LogP contribution >= 0.6 is 0 Å². The lowest BCUT2D eigenvalue weighted by Crippen LogP contribution is -2.42. The number of ketones is 1. The van der Waals surface area contributed by atoms with Gasteiger partial charge in [-0.2, -0.15) is 0 Å². The lowest BCUT2D eigenvalue weighted by atomic mass is 9.83. The van der Waals surface area contributed by atoms with Crippen LogP contribution < -0.4 is 0 Å². The van der Waals surface area contributed by atoms with Gasteiger partial charge in [0, 0.05) is 18.9 Å². The number of rotatable bonds is 5. The molecule has 0 radical (unpaired) electrons. The van der Waals surface area contributed by atoms with Crippen LogP contribution in [0.5, 0.6) is 0 Å². The molecule has 6 heteroatoms. The molecule has 0 saturated carbocycles. The number of esters is 1. The third-order valence-corrected chi connectivity index (χ3v) is 5.24. The normalized spacial score (nSPS) is 19.1. The van der Waals surface area contributed by atoms with Crippen LogP contribution in [0.4, 0.5) is 4.79 Å². The van der Waals surface area contributed by atoms with E-state index in [0.717, 1.165) is 11.1 Å². The molecule has 1 fully saturated rings. The quantitative estimate of drug-likeness (QED) is 0.798. The second-order valence-corrected chi connectivity index (χ2v) is 6.96. The minimum Gasteiger partial charge on any atom is -0.465 e. The number of methoxy groups -OCH3 is 1. The molecular weight excluding hydrogens is 358 g/mol. The monoisotopic (exact) mass is 381 g/mol. The van der Waals surface area contributed by atoms with Crippen molar-refractivity contribution in [2.75, 3.05) is 13.7 Å². The van der Waals surface area contributed by atoms with Gasteiger partial charge >= 0.3 is 12.1 Å². The van der Waals surface area contributed by atoms with Gasteiger partial charge in [-0.1, -0.05) is 42.5 Å². The number of hydrogen-bond donors (Lipinski definition) is 1. The van der Waals surface area contributed by atoms with Gasteiger partial charge in [-0.3, -0.25) is 4.79 Å². The van der Waals surface area contributed by atoms with Gasteiger partial charge in [-0.05, 0) is 36.1 Å². The Balaban J connectivity index is 1.77. The van der Waals surface area contributed by atoms with Gasteiger partial charge in [-0.25, -0.2) is 9.59 Å². The molecule has 28 heavy (non-hydrogen) atoms. The fourth-order valence-electron chi connectivity index (χ4n) is 3.70. The molecule has 1 heterocycles. The first-order chi connectivity index (χ1) is 13.5. The largest absolute Gasteiger partial charge is 0.465 e. The summed E-state index contributed by atoms with van der Waals surface area (Å²) in [5, 5.41) is 9.58. The second-order valence-electron chi connectivity index (χ2n) is 6.96. The van der Waals surface area contributed by atoms with Crippen molar-refractivity contribution in [2.24, 2.45) is 5.92 Å². The molecule has 1 amide bonds. The van der Waals surface area contributed by atoms with E-state index >= 15 is 0 Å². The Labute approximate surface area is 163 Å². The summed E-state index contributed by atoms with van der Waals surface area (Å²) in [7, 11) is 1.31. The summed E-state index contributed by atoms with van der Waals surface area (Å²) >= 11 is 0. The van der Waals surface area contributed by atoms with Crippen molar-refractivity contribution in [2.45, 2.75) is 25.3 Å². The average molecular weight is 381 g/mol. The number of Topliss-reactive ketones (excluding diaryl/α,β-unsaturated/α-hetero) is 1. The number of carboxylic acid groups (broad SMARTS) is 1. The maximum Gasteiger partial charge on any atom is 0.407 e. The molecule has 1 aliphatic rings. The first-order valence-electron chi connectivity index (χ1n) is 9.24.